The highest BCUT2D eigenvalue weighted by atomic mass is 32.2. The molecule has 0 unspecified atom stereocenters. The lowest BCUT2D eigenvalue weighted by atomic mass is 9.92. The fraction of sp³-hybridized carbons (Fsp3) is 0.316. The van der Waals surface area contributed by atoms with Crippen molar-refractivity contribution in [1.29, 1.82) is 0 Å². The maximum absolute atomic E-state index is 12.8. The summed E-state index contributed by atoms with van der Waals surface area (Å²) in [4.78, 5) is 31.3. The molecule has 1 aliphatic rings. The summed E-state index contributed by atoms with van der Waals surface area (Å²) in [5.41, 5.74) is 6.05. The molecule has 0 radical (unpaired) electrons. The zero-order valence-corrected chi connectivity index (χ0v) is 14.9. The normalized spacial score (nSPS) is 20.3. The van der Waals surface area contributed by atoms with E-state index in [1.54, 1.807) is 22.9 Å². The lowest BCUT2D eigenvalue weighted by Crippen LogP contribution is -2.48. The quantitative estimate of drug-likeness (QED) is 0.915. The molecule has 2 aromatic rings. The van der Waals surface area contributed by atoms with Gasteiger partial charge in [0.15, 0.2) is 0 Å². The van der Waals surface area contributed by atoms with Crippen LogP contribution in [0.5, 0.6) is 0 Å². The minimum Gasteiger partial charge on any atom is -0.369 e. The number of amides is 2. The zero-order chi connectivity index (χ0) is 17.8. The molecule has 25 heavy (non-hydrogen) atoms. The van der Waals surface area contributed by atoms with E-state index in [1.165, 1.54) is 0 Å². The Kier molecular flexibility index (Phi) is 5.38. The van der Waals surface area contributed by atoms with Crippen LogP contribution in [0.4, 0.5) is 0 Å². The second-order valence-corrected chi connectivity index (χ2v) is 7.37. The molecular formula is C19H21N3O2S. The minimum absolute atomic E-state index is 0.0483. The maximum atomic E-state index is 12.8. The number of pyridine rings is 1. The van der Waals surface area contributed by atoms with Gasteiger partial charge >= 0.3 is 0 Å². The van der Waals surface area contributed by atoms with Crippen LogP contribution in [0.25, 0.3) is 0 Å². The van der Waals surface area contributed by atoms with Gasteiger partial charge in [-0.1, -0.05) is 17.8 Å². The molecule has 0 bridgehead atoms. The van der Waals surface area contributed by atoms with Crippen LogP contribution < -0.4 is 5.73 Å². The average Bonchev–Trinajstić information content (AvgIpc) is 2.63. The standard InChI is InChI=1S/C19H21N3O2S/c1-13-5-6-15(18(20)23)12-22(13)19(24)14-7-9-16(10-8-14)25-17-4-2-3-11-21-17/h2-4,7-11,13,15H,5-6,12H2,1H3,(H2,20,23)/t13-,15-/m0/s1. The van der Waals surface area contributed by atoms with Gasteiger partial charge in [-0.25, -0.2) is 4.98 Å². The predicted molar refractivity (Wildman–Crippen MR) is 97.2 cm³/mol. The summed E-state index contributed by atoms with van der Waals surface area (Å²) in [5, 5.41) is 0.913. The molecule has 2 amide bonds. The molecule has 0 saturated carbocycles. The Balaban J connectivity index is 1.70. The number of nitrogens with zero attached hydrogens (tertiary/aromatic N) is 2. The van der Waals surface area contributed by atoms with Crippen molar-refractivity contribution < 1.29 is 9.59 Å². The van der Waals surface area contributed by atoms with Gasteiger partial charge in [0.05, 0.1) is 5.92 Å². The summed E-state index contributed by atoms with van der Waals surface area (Å²) in [5.74, 6) is -0.626. The summed E-state index contributed by atoms with van der Waals surface area (Å²) in [6.07, 6.45) is 3.31. The van der Waals surface area contributed by atoms with Crippen molar-refractivity contribution in [3.05, 3.63) is 54.2 Å². The highest BCUT2D eigenvalue weighted by Crippen LogP contribution is 2.27. The van der Waals surface area contributed by atoms with Crippen LogP contribution in [0.1, 0.15) is 30.1 Å². The molecule has 6 heteroatoms. The topological polar surface area (TPSA) is 76.3 Å². The van der Waals surface area contributed by atoms with Crippen molar-refractivity contribution in [2.75, 3.05) is 6.54 Å². The molecule has 1 fully saturated rings. The first-order valence-corrected chi connectivity index (χ1v) is 9.15. The third-order valence-electron chi connectivity index (χ3n) is 4.51. The van der Waals surface area contributed by atoms with E-state index >= 15 is 0 Å². The number of hydrogen-bond donors (Lipinski definition) is 1. The van der Waals surface area contributed by atoms with Crippen molar-refractivity contribution in [2.24, 2.45) is 11.7 Å². The van der Waals surface area contributed by atoms with Gasteiger partial charge in [-0.2, -0.15) is 0 Å². The average molecular weight is 355 g/mol. The van der Waals surface area contributed by atoms with Gasteiger partial charge in [0, 0.05) is 29.2 Å². The molecule has 1 saturated heterocycles. The van der Waals surface area contributed by atoms with Gasteiger partial charge in [-0.05, 0) is 56.2 Å². The monoisotopic (exact) mass is 355 g/mol. The van der Waals surface area contributed by atoms with Crippen molar-refractivity contribution >= 4 is 23.6 Å². The van der Waals surface area contributed by atoms with Gasteiger partial charge in [0.25, 0.3) is 5.91 Å². The number of piperidine rings is 1. The molecule has 1 aliphatic heterocycles. The molecule has 1 aromatic carbocycles. The van der Waals surface area contributed by atoms with E-state index < -0.39 is 0 Å². The number of nitrogens with two attached hydrogens (primary N) is 1. The van der Waals surface area contributed by atoms with E-state index in [1.807, 2.05) is 49.4 Å². The Morgan fingerprint density at radius 1 is 1.16 bits per heavy atom. The SMILES string of the molecule is C[C@H]1CC[C@H](C(N)=O)CN1C(=O)c1ccc(Sc2ccccn2)cc1. The summed E-state index contributed by atoms with van der Waals surface area (Å²) in [6, 6.07) is 13.4. The Bertz CT molecular complexity index is 749. The summed E-state index contributed by atoms with van der Waals surface area (Å²) in [7, 11) is 0. The maximum Gasteiger partial charge on any atom is 0.254 e. The van der Waals surface area contributed by atoms with Crippen molar-refractivity contribution in [2.45, 2.75) is 35.7 Å². The van der Waals surface area contributed by atoms with Gasteiger partial charge in [0.1, 0.15) is 5.03 Å². The number of benzene rings is 1. The van der Waals surface area contributed by atoms with Crippen LogP contribution in [0.3, 0.4) is 0 Å². The highest BCUT2D eigenvalue weighted by molar-refractivity contribution is 7.99. The number of likely N-dealkylation sites (tertiary alicyclic amines) is 1. The van der Waals surface area contributed by atoms with Gasteiger partial charge < -0.3 is 10.6 Å². The van der Waals surface area contributed by atoms with E-state index in [2.05, 4.69) is 4.98 Å². The second-order valence-electron chi connectivity index (χ2n) is 6.28. The largest absolute Gasteiger partial charge is 0.369 e. The minimum atomic E-state index is -0.327. The van der Waals surface area contributed by atoms with Crippen molar-refractivity contribution in [1.82, 2.24) is 9.88 Å². The molecular weight excluding hydrogens is 334 g/mol. The number of aromatic nitrogens is 1. The van der Waals surface area contributed by atoms with Gasteiger partial charge in [-0.15, -0.1) is 0 Å². The van der Waals surface area contributed by atoms with E-state index in [0.29, 0.717) is 12.1 Å². The number of carbonyl (C=O) groups excluding carboxylic acids is 2. The predicted octanol–water partition coefficient (Wildman–Crippen LogP) is 2.96. The van der Waals surface area contributed by atoms with Crippen LogP contribution in [0.15, 0.2) is 58.6 Å². The van der Waals surface area contributed by atoms with Crippen LogP contribution in [0.2, 0.25) is 0 Å². The molecule has 2 atom stereocenters. The summed E-state index contributed by atoms with van der Waals surface area (Å²) < 4.78 is 0. The van der Waals surface area contributed by atoms with Crippen LogP contribution in [-0.2, 0) is 4.79 Å². The van der Waals surface area contributed by atoms with E-state index in [0.717, 1.165) is 22.8 Å². The summed E-state index contributed by atoms with van der Waals surface area (Å²) >= 11 is 1.55. The van der Waals surface area contributed by atoms with Gasteiger partial charge in [0.2, 0.25) is 5.91 Å². The second kappa shape index (κ2) is 7.70. The Morgan fingerprint density at radius 2 is 1.92 bits per heavy atom. The van der Waals surface area contributed by atoms with Crippen molar-refractivity contribution in [3.63, 3.8) is 0 Å². The van der Waals surface area contributed by atoms with Crippen LogP contribution in [-0.4, -0.2) is 34.3 Å². The molecule has 1 aromatic heterocycles. The lowest BCUT2D eigenvalue weighted by molar-refractivity contribution is -0.123. The summed E-state index contributed by atoms with van der Waals surface area (Å²) in [6.45, 7) is 2.42. The Morgan fingerprint density at radius 3 is 2.56 bits per heavy atom. The number of primary amides is 1. The molecule has 0 spiro atoms. The van der Waals surface area contributed by atoms with Crippen LogP contribution >= 0.6 is 11.8 Å². The zero-order valence-electron chi connectivity index (χ0n) is 14.1. The number of rotatable bonds is 4. The number of carbonyl (C=O) groups is 2. The molecule has 2 heterocycles. The lowest BCUT2D eigenvalue weighted by Gasteiger charge is -2.37. The third kappa shape index (κ3) is 4.20. The fourth-order valence-corrected chi connectivity index (χ4v) is 3.76. The third-order valence-corrected chi connectivity index (χ3v) is 5.47. The molecule has 2 N–H and O–H groups in total. The molecule has 0 aliphatic carbocycles. The van der Waals surface area contributed by atoms with E-state index in [-0.39, 0.29) is 23.8 Å². The van der Waals surface area contributed by atoms with Crippen LogP contribution in [0, 0.1) is 5.92 Å². The first-order chi connectivity index (χ1) is 12.0. The molecule has 3 rings (SSSR count). The molecule has 5 nitrogen and oxygen atoms in total. The van der Waals surface area contributed by atoms with Gasteiger partial charge in [-0.3, -0.25) is 9.59 Å². The highest BCUT2D eigenvalue weighted by Gasteiger charge is 2.32. The Hall–Kier alpha value is -2.34. The van der Waals surface area contributed by atoms with Crippen molar-refractivity contribution in [3.8, 4) is 0 Å². The smallest absolute Gasteiger partial charge is 0.254 e. The first kappa shape index (κ1) is 17.5. The Labute approximate surface area is 151 Å². The first-order valence-electron chi connectivity index (χ1n) is 8.34. The van der Waals surface area contributed by atoms with E-state index in [4.69, 9.17) is 5.73 Å². The van der Waals surface area contributed by atoms with E-state index in [9.17, 15) is 9.59 Å². The number of hydrogen-bond acceptors (Lipinski definition) is 4. The fourth-order valence-electron chi connectivity index (χ4n) is 2.98. The molecule has 130 valence electrons.